The molecule has 3 N–H and O–H groups in total. The van der Waals surface area contributed by atoms with Gasteiger partial charge in [-0.1, -0.05) is 0 Å². The van der Waals surface area contributed by atoms with Gasteiger partial charge >= 0.3 is 0 Å². The number of aryl methyl sites for hydroxylation is 2. The highest BCUT2D eigenvalue weighted by Gasteiger charge is 2.20. The summed E-state index contributed by atoms with van der Waals surface area (Å²) in [6.45, 7) is 2.19. The number of nitrogens with two attached hydrogens (primary N) is 1. The van der Waals surface area contributed by atoms with Crippen molar-refractivity contribution in [1.29, 1.82) is 0 Å². The Kier molecular flexibility index (Phi) is 3.88. The third kappa shape index (κ3) is 3.31. The van der Waals surface area contributed by atoms with Crippen LogP contribution < -0.4 is 10.5 Å². The Bertz CT molecular complexity index is 674. The summed E-state index contributed by atoms with van der Waals surface area (Å²) in [6, 6.07) is 0. The third-order valence-electron chi connectivity index (χ3n) is 2.45. The summed E-state index contributed by atoms with van der Waals surface area (Å²) in [5.41, 5.74) is 6.43. The van der Waals surface area contributed by atoms with Gasteiger partial charge in [0.2, 0.25) is 10.0 Å². The summed E-state index contributed by atoms with van der Waals surface area (Å²) in [4.78, 5) is 4.27. The highest BCUT2D eigenvalue weighted by Crippen LogP contribution is 2.15. The lowest BCUT2D eigenvalue weighted by atomic mass is 10.3. The Hall–Kier alpha value is -1.45. The molecule has 0 radical (unpaired) electrons. The van der Waals surface area contributed by atoms with Crippen LogP contribution in [0.5, 0.6) is 0 Å². The number of nitrogens with one attached hydrogen (secondary N) is 1. The van der Waals surface area contributed by atoms with Crippen LogP contribution >= 0.6 is 11.3 Å². The molecule has 0 spiro atoms. The van der Waals surface area contributed by atoms with E-state index in [0.717, 1.165) is 10.7 Å². The second-order valence-corrected chi connectivity index (χ2v) is 6.86. The fourth-order valence-corrected chi connectivity index (χ4v) is 3.39. The Morgan fingerprint density at radius 3 is 2.79 bits per heavy atom. The van der Waals surface area contributed by atoms with Gasteiger partial charge in [0.25, 0.3) is 0 Å². The average Bonchev–Trinajstić information content (AvgIpc) is 2.85. The van der Waals surface area contributed by atoms with Crippen LogP contribution in [-0.2, 0) is 23.5 Å². The number of thiazole rings is 1. The fraction of sp³-hybridized carbons (Fsp3) is 0.400. The summed E-state index contributed by atoms with van der Waals surface area (Å²) < 4.78 is 27.9. The van der Waals surface area contributed by atoms with Gasteiger partial charge in [0.05, 0.1) is 10.7 Å². The number of hydrogen-bond donors (Lipinski definition) is 2. The molecule has 104 valence electrons. The average molecular weight is 301 g/mol. The molecule has 0 unspecified atom stereocenters. The zero-order valence-corrected chi connectivity index (χ0v) is 12.3. The first-order valence-corrected chi connectivity index (χ1v) is 7.94. The molecule has 0 saturated heterocycles. The van der Waals surface area contributed by atoms with E-state index in [2.05, 4.69) is 14.8 Å². The Morgan fingerprint density at radius 2 is 2.26 bits per heavy atom. The number of rotatable bonds is 5. The normalized spacial score (nSPS) is 11.9. The minimum Gasteiger partial charge on any atom is -0.381 e. The van der Waals surface area contributed by atoms with Gasteiger partial charge < -0.3 is 5.73 Å². The highest BCUT2D eigenvalue weighted by molar-refractivity contribution is 7.89. The molecular formula is C10H15N5O2S2. The van der Waals surface area contributed by atoms with Crippen LogP contribution in [0.25, 0.3) is 0 Å². The van der Waals surface area contributed by atoms with Gasteiger partial charge in [-0.3, -0.25) is 4.68 Å². The first-order chi connectivity index (χ1) is 8.88. The summed E-state index contributed by atoms with van der Waals surface area (Å²) in [5, 5.41) is 6.70. The fourth-order valence-electron chi connectivity index (χ4n) is 1.61. The van der Waals surface area contributed by atoms with Crippen molar-refractivity contribution in [3.8, 4) is 0 Å². The summed E-state index contributed by atoms with van der Waals surface area (Å²) in [7, 11) is -2.00. The van der Waals surface area contributed by atoms with Crippen LogP contribution in [0.3, 0.4) is 0 Å². The van der Waals surface area contributed by atoms with E-state index in [4.69, 9.17) is 5.73 Å². The summed E-state index contributed by atoms with van der Waals surface area (Å²) >= 11 is 1.54. The topological polar surface area (TPSA) is 103 Å². The van der Waals surface area contributed by atoms with Gasteiger partial charge in [0.1, 0.15) is 4.90 Å². The van der Waals surface area contributed by atoms with Gasteiger partial charge in [-0.25, -0.2) is 18.1 Å². The van der Waals surface area contributed by atoms with Crippen LogP contribution in [-0.4, -0.2) is 29.7 Å². The van der Waals surface area contributed by atoms with E-state index < -0.39 is 10.0 Å². The lowest BCUT2D eigenvalue weighted by Crippen LogP contribution is -2.26. The minimum absolute atomic E-state index is 0.000460. The van der Waals surface area contributed by atoms with Crippen LogP contribution in [0, 0.1) is 6.92 Å². The standard InChI is InChI=1S/C10H15N5O2S2/c1-7-13-8(6-18-7)3-4-12-19(16,17)9-5-15(2)14-10(9)11/h5-6,12H,3-4H2,1-2H3,(H2,11,14). The lowest BCUT2D eigenvalue weighted by Gasteiger charge is -2.03. The van der Waals surface area contributed by atoms with Crippen LogP contribution in [0.1, 0.15) is 10.7 Å². The van der Waals surface area contributed by atoms with Gasteiger partial charge in [-0.05, 0) is 6.92 Å². The molecule has 0 bridgehead atoms. The SMILES string of the molecule is Cc1nc(CCNS(=O)(=O)c2cn(C)nc2N)cs1. The Balaban J connectivity index is 2.00. The molecule has 7 nitrogen and oxygen atoms in total. The molecule has 0 aliphatic carbocycles. The molecule has 19 heavy (non-hydrogen) atoms. The number of sulfonamides is 1. The van der Waals surface area contributed by atoms with Crippen molar-refractivity contribution in [3.63, 3.8) is 0 Å². The molecule has 0 amide bonds. The van der Waals surface area contributed by atoms with Crippen molar-refractivity contribution in [2.75, 3.05) is 12.3 Å². The van der Waals surface area contributed by atoms with Gasteiger partial charge in [-0.2, -0.15) is 5.10 Å². The van der Waals surface area contributed by atoms with E-state index in [-0.39, 0.29) is 17.3 Å². The first-order valence-electron chi connectivity index (χ1n) is 5.58. The maximum Gasteiger partial charge on any atom is 0.245 e. The molecule has 2 heterocycles. The zero-order valence-electron chi connectivity index (χ0n) is 10.6. The molecule has 0 aromatic carbocycles. The summed E-state index contributed by atoms with van der Waals surface area (Å²) in [6.07, 6.45) is 1.92. The number of nitrogen functional groups attached to an aromatic ring is 1. The largest absolute Gasteiger partial charge is 0.381 e. The van der Waals surface area contributed by atoms with Gasteiger partial charge in [0, 0.05) is 31.6 Å². The molecule has 2 aromatic rings. The molecule has 0 atom stereocenters. The molecular weight excluding hydrogens is 286 g/mol. The maximum atomic E-state index is 12.0. The molecule has 9 heteroatoms. The Morgan fingerprint density at radius 1 is 1.53 bits per heavy atom. The van der Waals surface area contributed by atoms with E-state index >= 15 is 0 Å². The number of nitrogens with zero attached hydrogens (tertiary/aromatic N) is 3. The molecule has 2 rings (SSSR count). The minimum atomic E-state index is -3.62. The molecule has 0 fully saturated rings. The van der Waals surface area contributed by atoms with Crippen molar-refractivity contribution in [1.82, 2.24) is 19.5 Å². The van der Waals surface area contributed by atoms with E-state index in [1.165, 1.54) is 10.9 Å². The van der Waals surface area contributed by atoms with Crippen molar-refractivity contribution in [3.05, 3.63) is 22.3 Å². The smallest absolute Gasteiger partial charge is 0.245 e. The number of anilines is 1. The van der Waals surface area contributed by atoms with E-state index in [1.54, 1.807) is 18.4 Å². The predicted octanol–water partition coefficient (Wildman–Crippen LogP) is 0.288. The van der Waals surface area contributed by atoms with E-state index in [1.807, 2.05) is 12.3 Å². The second-order valence-electron chi connectivity index (χ2n) is 4.06. The molecule has 0 aliphatic heterocycles. The molecule has 0 saturated carbocycles. The molecule has 2 aromatic heterocycles. The van der Waals surface area contributed by atoms with Crippen molar-refractivity contribution in [2.24, 2.45) is 7.05 Å². The molecule has 0 aliphatic rings. The zero-order chi connectivity index (χ0) is 14.0. The van der Waals surface area contributed by atoms with E-state index in [9.17, 15) is 8.42 Å². The van der Waals surface area contributed by atoms with Crippen LogP contribution in [0.4, 0.5) is 5.82 Å². The number of hydrogen-bond acceptors (Lipinski definition) is 6. The highest BCUT2D eigenvalue weighted by atomic mass is 32.2. The van der Waals surface area contributed by atoms with Gasteiger partial charge in [-0.15, -0.1) is 11.3 Å². The monoisotopic (exact) mass is 301 g/mol. The summed E-state index contributed by atoms with van der Waals surface area (Å²) in [5.74, 6) is -0.000460. The maximum absolute atomic E-state index is 12.0. The van der Waals surface area contributed by atoms with E-state index in [0.29, 0.717) is 6.42 Å². The Labute approximate surface area is 115 Å². The quantitative estimate of drug-likeness (QED) is 0.826. The first kappa shape index (κ1) is 14.0. The van der Waals surface area contributed by atoms with Crippen molar-refractivity contribution < 1.29 is 8.42 Å². The number of aromatic nitrogens is 3. The predicted molar refractivity (Wildman–Crippen MR) is 73.4 cm³/mol. The van der Waals surface area contributed by atoms with Crippen LogP contribution in [0.2, 0.25) is 0 Å². The van der Waals surface area contributed by atoms with Crippen molar-refractivity contribution >= 4 is 27.2 Å². The second kappa shape index (κ2) is 5.27. The van der Waals surface area contributed by atoms with Crippen LogP contribution in [0.15, 0.2) is 16.5 Å². The third-order valence-corrected chi connectivity index (χ3v) is 4.75. The van der Waals surface area contributed by atoms with Gasteiger partial charge in [0.15, 0.2) is 5.82 Å². The van der Waals surface area contributed by atoms with Crippen molar-refractivity contribution in [2.45, 2.75) is 18.2 Å². The lowest BCUT2D eigenvalue weighted by molar-refractivity contribution is 0.581.